The predicted octanol–water partition coefficient (Wildman–Crippen LogP) is -1.62. The zero-order valence-corrected chi connectivity index (χ0v) is 11.6. The van der Waals surface area contributed by atoms with Crippen LogP contribution in [0, 0.1) is 6.92 Å². The van der Waals surface area contributed by atoms with Crippen LogP contribution < -0.4 is 11.1 Å². The molecule has 8 heteroatoms. The van der Waals surface area contributed by atoms with E-state index < -0.39 is 30.3 Å². The Hall–Kier alpha value is -1.74. The molecular formula is C13H19N3O5. The summed E-state index contributed by atoms with van der Waals surface area (Å²) in [5.41, 5.74) is 6.12. The van der Waals surface area contributed by atoms with Gasteiger partial charge in [0, 0.05) is 11.3 Å². The van der Waals surface area contributed by atoms with Crippen molar-refractivity contribution in [2.45, 2.75) is 31.3 Å². The topological polar surface area (TPSA) is 138 Å². The van der Waals surface area contributed by atoms with E-state index >= 15 is 0 Å². The van der Waals surface area contributed by atoms with Crippen molar-refractivity contribution in [1.82, 2.24) is 4.98 Å². The van der Waals surface area contributed by atoms with Gasteiger partial charge in [0.05, 0.1) is 19.3 Å². The number of amides is 1. The number of nitrogens with one attached hydrogen (secondary N) is 1. The zero-order chi connectivity index (χ0) is 15.6. The van der Waals surface area contributed by atoms with Crippen LogP contribution in [0.3, 0.4) is 0 Å². The fourth-order valence-corrected chi connectivity index (χ4v) is 2.24. The molecule has 0 aliphatic carbocycles. The summed E-state index contributed by atoms with van der Waals surface area (Å²) >= 11 is 0. The molecule has 8 nitrogen and oxygen atoms in total. The number of hydrogen-bond donors (Lipinski definition) is 5. The minimum Gasteiger partial charge on any atom is -0.394 e. The average molecular weight is 297 g/mol. The van der Waals surface area contributed by atoms with E-state index in [0.717, 1.165) is 0 Å². The van der Waals surface area contributed by atoms with Gasteiger partial charge in [-0.1, -0.05) is 0 Å². The smallest absolute Gasteiger partial charge is 0.248 e. The lowest BCUT2D eigenvalue weighted by Crippen LogP contribution is -2.56. The summed E-state index contributed by atoms with van der Waals surface area (Å²) in [4.78, 5) is 15.4. The van der Waals surface area contributed by atoms with Crippen LogP contribution in [0.5, 0.6) is 0 Å². The van der Waals surface area contributed by atoms with Crippen molar-refractivity contribution in [1.29, 1.82) is 0 Å². The van der Waals surface area contributed by atoms with Crippen molar-refractivity contribution >= 4 is 11.7 Å². The number of aliphatic hydroxyl groups excluding tert-OH is 3. The van der Waals surface area contributed by atoms with Crippen LogP contribution >= 0.6 is 0 Å². The number of aryl methyl sites for hydroxylation is 1. The largest absolute Gasteiger partial charge is 0.394 e. The predicted molar refractivity (Wildman–Crippen MR) is 73.7 cm³/mol. The summed E-state index contributed by atoms with van der Waals surface area (Å²) in [6.07, 6.45) is -3.15. The van der Waals surface area contributed by atoms with Crippen molar-refractivity contribution in [3.8, 4) is 0 Å². The highest BCUT2D eigenvalue weighted by Gasteiger charge is 2.38. The first-order valence-electron chi connectivity index (χ1n) is 6.56. The van der Waals surface area contributed by atoms with Crippen LogP contribution in [0.1, 0.15) is 16.1 Å². The van der Waals surface area contributed by atoms with Crippen molar-refractivity contribution in [2.75, 3.05) is 18.5 Å². The first-order valence-corrected chi connectivity index (χ1v) is 6.56. The Morgan fingerprint density at radius 3 is 2.81 bits per heavy atom. The third-order valence-electron chi connectivity index (χ3n) is 3.38. The third-order valence-corrected chi connectivity index (χ3v) is 3.38. The molecule has 0 aromatic carbocycles. The second-order valence-corrected chi connectivity index (χ2v) is 5.03. The lowest BCUT2D eigenvalue weighted by atomic mass is 9.98. The normalized spacial score (nSPS) is 29.1. The Kier molecular flexibility index (Phi) is 4.73. The number of carbonyl (C=O) groups is 1. The van der Waals surface area contributed by atoms with Crippen LogP contribution in [0.25, 0.3) is 0 Å². The van der Waals surface area contributed by atoms with E-state index in [0.29, 0.717) is 17.1 Å². The highest BCUT2D eigenvalue weighted by atomic mass is 16.5. The number of nitrogens with zero attached hydrogens (tertiary/aromatic N) is 1. The van der Waals surface area contributed by atoms with Gasteiger partial charge in [-0.2, -0.15) is 0 Å². The molecule has 2 heterocycles. The molecule has 1 aromatic rings. The molecule has 0 saturated carbocycles. The summed E-state index contributed by atoms with van der Waals surface area (Å²) in [5, 5.41) is 31.8. The Morgan fingerprint density at radius 1 is 1.48 bits per heavy atom. The van der Waals surface area contributed by atoms with Gasteiger partial charge < -0.3 is 31.1 Å². The Balaban J connectivity index is 2.13. The molecule has 0 bridgehead atoms. The van der Waals surface area contributed by atoms with Gasteiger partial charge in [-0.25, -0.2) is 4.98 Å². The first-order chi connectivity index (χ1) is 9.92. The van der Waals surface area contributed by atoms with Crippen molar-refractivity contribution in [3.05, 3.63) is 23.4 Å². The van der Waals surface area contributed by atoms with Gasteiger partial charge in [0.15, 0.2) is 0 Å². The number of aliphatic hydroxyl groups is 3. The van der Waals surface area contributed by atoms with Crippen LogP contribution in [0.4, 0.5) is 5.82 Å². The maximum absolute atomic E-state index is 11.2. The van der Waals surface area contributed by atoms with Crippen LogP contribution in [-0.2, 0) is 4.74 Å². The summed E-state index contributed by atoms with van der Waals surface area (Å²) < 4.78 is 5.26. The van der Waals surface area contributed by atoms with Crippen LogP contribution in [-0.4, -0.2) is 63.8 Å². The summed E-state index contributed by atoms with van der Waals surface area (Å²) in [7, 11) is 0. The molecule has 6 N–H and O–H groups in total. The van der Waals surface area contributed by atoms with Gasteiger partial charge in [0.1, 0.15) is 24.1 Å². The van der Waals surface area contributed by atoms with Gasteiger partial charge in [0.2, 0.25) is 5.91 Å². The molecule has 1 aromatic heterocycles. The lowest BCUT2D eigenvalue weighted by Gasteiger charge is -2.37. The van der Waals surface area contributed by atoms with Gasteiger partial charge in [-0.3, -0.25) is 4.79 Å². The fourth-order valence-electron chi connectivity index (χ4n) is 2.24. The van der Waals surface area contributed by atoms with Gasteiger partial charge in [-0.05, 0) is 19.1 Å². The Bertz CT molecular complexity index is 525. The SMILES string of the molecule is Cc1cc(C(N)=O)cc(N[C@H]2CO[C@H](CO)[C@H](O)[C@@H]2O)n1. The number of pyridine rings is 1. The number of anilines is 1. The standard InChI is InChI=1S/C13H19N3O5/c1-6-2-7(13(14)20)3-10(15-6)16-8-5-21-9(4-17)12(19)11(8)18/h2-3,8-9,11-12,17-19H,4-5H2,1H3,(H2,14,20)(H,15,16)/t8-,9+,11+,12-/m0/s1. The number of hydrogen-bond acceptors (Lipinski definition) is 7. The number of nitrogens with two attached hydrogens (primary N) is 1. The molecule has 1 amide bonds. The number of rotatable bonds is 4. The average Bonchev–Trinajstić information content (AvgIpc) is 2.43. The fraction of sp³-hybridized carbons (Fsp3) is 0.538. The van der Waals surface area contributed by atoms with E-state index in [1.165, 1.54) is 6.07 Å². The van der Waals surface area contributed by atoms with E-state index in [1.807, 2.05) is 0 Å². The highest BCUT2D eigenvalue weighted by Crippen LogP contribution is 2.19. The monoisotopic (exact) mass is 297 g/mol. The molecule has 1 aliphatic rings. The molecular weight excluding hydrogens is 278 g/mol. The highest BCUT2D eigenvalue weighted by molar-refractivity contribution is 5.93. The van der Waals surface area contributed by atoms with E-state index in [4.69, 9.17) is 15.6 Å². The van der Waals surface area contributed by atoms with Crippen molar-refractivity contribution in [2.24, 2.45) is 5.73 Å². The second kappa shape index (κ2) is 6.35. The Labute approximate surface area is 121 Å². The second-order valence-electron chi connectivity index (χ2n) is 5.03. The van der Waals surface area contributed by atoms with Gasteiger partial charge in [-0.15, -0.1) is 0 Å². The molecule has 0 spiro atoms. The summed E-state index contributed by atoms with van der Waals surface area (Å²) in [5.74, 6) is -0.226. The Morgan fingerprint density at radius 2 is 2.19 bits per heavy atom. The molecule has 21 heavy (non-hydrogen) atoms. The first kappa shape index (κ1) is 15.6. The molecule has 0 radical (unpaired) electrons. The molecule has 4 atom stereocenters. The van der Waals surface area contributed by atoms with Crippen LogP contribution in [0.2, 0.25) is 0 Å². The minimum atomic E-state index is -1.21. The molecule has 1 aliphatic heterocycles. The van der Waals surface area contributed by atoms with Crippen molar-refractivity contribution in [3.63, 3.8) is 0 Å². The van der Waals surface area contributed by atoms with Gasteiger partial charge in [0.25, 0.3) is 0 Å². The van der Waals surface area contributed by atoms with E-state index in [1.54, 1.807) is 13.0 Å². The maximum Gasteiger partial charge on any atom is 0.248 e. The minimum absolute atomic E-state index is 0.0883. The molecule has 116 valence electrons. The molecule has 1 saturated heterocycles. The van der Waals surface area contributed by atoms with Crippen molar-refractivity contribution < 1.29 is 24.9 Å². The lowest BCUT2D eigenvalue weighted by molar-refractivity contribution is -0.152. The number of aromatic nitrogens is 1. The number of ether oxygens (including phenoxy) is 1. The van der Waals surface area contributed by atoms with Gasteiger partial charge >= 0.3 is 0 Å². The third kappa shape index (κ3) is 3.48. The summed E-state index contributed by atoms with van der Waals surface area (Å²) in [6.45, 7) is 1.42. The maximum atomic E-state index is 11.2. The van der Waals surface area contributed by atoms with E-state index in [-0.39, 0.29) is 13.2 Å². The molecule has 0 unspecified atom stereocenters. The van der Waals surface area contributed by atoms with Crippen LogP contribution in [0.15, 0.2) is 12.1 Å². The van der Waals surface area contributed by atoms with E-state index in [9.17, 15) is 15.0 Å². The zero-order valence-electron chi connectivity index (χ0n) is 11.6. The number of primary amides is 1. The summed E-state index contributed by atoms with van der Waals surface area (Å²) in [6, 6.07) is 2.41. The van der Waals surface area contributed by atoms with E-state index in [2.05, 4.69) is 10.3 Å². The molecule has 2 rings (SSSR count). The number of carbonyl (C=O) groups excluding carboxylic acids is 1. The molecule has 1 fully saturated rings. The quantitative estimate of drug-likeness (QED) is 0.450.